The summed E-state index contributed by atoms with van der Waals surface area (Å²) in [6.07, 6.45) is 1.46. The molecule has 0 bridgehead atoms. The van der Waals surface area contributed by atoms with E-state index in [9.17, 15) is 4.79 Å². The molecule has 0 aliphatic heterocycles. The predicted octanol–water partition coefficient (Wildman–Crippen LogP) is 2.69. The molecule has 0 saturated heterocycles. The molecule has 6 heteroatoms. The SMILES string of the molecule is CCNc1ccc(Cl)cc1C(=O)NCc1ccon1. The van der Waals surface area contributed by atoms with Gasteiger partial charge in [0.15, 0.2) is 0 Å². The molecule has 1 aromatic carbocycles. The van der Waals surface area contributed by atoms with Crippen molar-refractivity contribution in [2.45, 2.75) is 13.5 Å². The molecule has 2 aromatic rings. The predicted molar refractivity (Wildman–Crippen MR) is 73.3 cm³/mol. The lowest BCUT2D eigenvalue weighted by Crippen LogP contribution is -2.24. The molecule has 0 fully saturated rings. The average molecular weight is 280 g/mol. The topological polar surface area (TPSA) is 67.2 Å². The van der Waals surface area contributed by atoms with Crippen LogP contribution in [0.1, 0.15) is 23.0 Å². The van der Waals surface area contributed by atoms with E-state index in [1.165, 1.54) is 6.26 Å². The smallest absolute Gasteiger partial charge is 0.253 e. The largest absolute Gasteiger partial charge is 0.385 e. The Morgan fingerprint density at radius 1 is 1.42 bits per heavy atom. The van der Waals surface area contributed by atoms with E-state index in [0.29, 0.717) is 22.8 Å². The van der Waals surface area contributed by atoms with E-state index >= 15 is 0 Å². The Morgan fingerprint density at radius 3 is 2.95 bits per heavy atom. The van der Waals surface area contributed by atoms with Crippen LogP contribution in [0.25, 0.3) is 0 Å². The van der Waals surface area contributed by atoms with Crippen LogP contribution >= 0.6 is 11.6 Å². The Bertz CT molecular complexity index is 555. The number of benzene rings is 1. The number of halogens is 1. The normalized spacial score (nSPS) is 10.2. The molecule has 2 N–H and O–H groups in total. The number of carbonyl (C=O) groups excluding carboxylic acids is 1. The van der Waals surface area contributed by atoms with E-state index < -0.39 is 0 Å². The zero-order valence-corrected chi connectivity index (χ0v) is 11.2. The maximum Gasteiger partial charge on any atom is 0.253 e. The summed E-state index contributed by atoms with van der Waals surface area (Å²) in [5.74, 6) is -0.207. The van der Waals surface area contributed by atoms with Crippen LogP contribution in [0.5, 0.6) is 0 Å². The van der Waals surface area contributed by atoms with Crippen LogP contribution in [-0.2, 0) is 6.54 Å². The number of nitrogens with zero attached hydrogens (tertiary/aromatic N) is 1. The minimum Gasteiger partial charge on any atom is -0.385 e. The van der Waals surface area contributed by atoms with Crippen LogP contribution in [0.4, 0.5) is 5.69 Å². The van der Waals surface area contributed by atoms with Gasteiger partial charge in [-0.15, -0.1) is 0 Å². The summed E-state index contributed by atoms with van der Waals surface area (Å²) in [7, 11) is 0. The quantitative estimate of drug-likeness (QED) is 0.883. The van der Waals surface area contributed by atoms with Crippen LogP contribution in [0.2, 0.25) is 5.02 Å². The minimum absolute atomic E-state index is 0.207. The van der Waals surface area contributed by atoms with Crippen molar-refractivity contribution in [3.8, 4) is 0 Å². The van der Waals surface area contributed by atoms with Gasteiger partial charge in [-0.05, 0) is 25.1 Å². The number of hydrogen-bond acceptors (Lipinski definition) is 4. The third-order valence-corrected chi connectivity index (χ3v) is 2.75. The van der Waals surface area contributed by atoms with Crippen molar-refractivity contribution in [1.29, 1.82) is 0 Å². The van der Waals surface area contributed by atoms with Crippen LogP contribution in [0.3, 0.4) is 0 Å². The maximum atomic E-state index is 12.1. The van der Waals surface area contributed by atoms with Gasteiger partial charge in [0.2, 0.25) is 0 Å². The molecule has 0 saturated carbocycles. The van der Waals surface area contributed by atoms with E-state index in [-0.39, 0.29) is 5.91 Å². The highest BCUT2D eigenvalue weighted by Gasteiger charge is 2.12. The molecule has 2 rings (SSSR count). The highest BCUT2D eigenvalue weighted by atomic mass is 35.5. The Labute approximate surface area is 115 Å². The molecule has 0 aliphatic rings. The second kappa shape index (κ2) is 6.24. The Balaban J connectivity index is 2.11. The fourth-order valence-electron chi connectivity index (χ4n) is 1.64. The molecule has 19 heavy (non-hydrogen) atoms. The van der Waals surface area contributed by atoms with E-state index in [4.69, 9.17) is 16.1 Å². The first-order valence-corrected chi connectivity index (χ1v) is 6.29. The van der Waals surface area contributed by atoms with Gasteiger partial charge in [0.05, 0.1) is 12.1 Å². The lowest BCUT2D eigenvalue weighted by atomic mass is 10.1. The van der Waals surface area contributed by atoms with E-state index in [1.54, 1.807) is 24.3 Å². The van der Waals surface area contributed by atoms with Crippen LogP contribution in [0.15, 0.2) is 35.1 Å². The van der Waals surface area contributed by atoms with Gasteiger partial charge < -0.3 is 15.2 Å². The van der Waals surface area contributed by atoms with E-state index in [0.717, 1.165) is 12.2 Å². The molecule has 1 amide bonds. The molecule has 0 atom stereocenters. The lowest BCUT2D eigenvalue weighted by Gasteiger charge is -2.11. The molecule has 1 aromatic heterocycles. The first kappa shape index (κ1) is 13.4. The Hall–Kier alpha value is -2.01. The Kier molecular flexibility index (Phi) is 4.41. The number of nitrogens with one attached hydrogen (secondary N) is 2. The summed E-state index contributed by atoms with van der Waals surface area (Å²) >= 11 is 5.93. The fourth-order valence-corrected chi connectivity index (χ4v) is 1.82. The third kappa shape index (κ3) is 3.48. The summed E-state index contributed by atoms with van der Waals surface area (Å²) in [6.45, 7) is 3.00. The minimum atomic E-state index is -0.207. The second-order valence-corrected chi connectivity index (χ2v) is 4.33. The molecule has 0 unspecified atom stereocenters. The van der Waals surface area contributed by atoms with Crippen molar-refractivity contribution in [2.24, 2.45) is 0 Å². The number of rotatable bonds is 5. The van der Waals surface area contributed by atoms with Crippen LogP contribution in [0, 0.1) is 0 Å². The van der Waals surface area contributed by atoms with Crippen LogP contribution in [-0.4, -0.2) is 17.6 Å². The van der Waals surface area contributed by atoms with Gasteiger partial charge in [0, 0.05) is 23.3 Å². The molecule has 1 heterocycles. The number of aromatic nitrogens is 1. The molecule has 0 aliphatic carbocycles. The summed E-state index contributed by atoms with van der Waals surface area (Å²) in [5, 5.41) is 10.1. The second-order valence-electron chi connectivity index (χ2n) is 3.89. The molecular formula is C13H14ClN3O2. The fraction of sp³-hybridized carbons (Fsp3) is 0.231. The number of carbonyl (C=O) groups is 1. The number of hydrogen-bond donors (Lipinski definition) is 2. The van der Waals surface area contributed by atoms with Crippen molar-refractivity contribution in [3.05, 3.63) is 46.8 Å². The number of amides is 1. The van der Waals surface area contributed by atoms with Crippen molar-refractivity contribution >= 4 is 23.2 Å². The number of anilines is 1. The van der Waals surface area contributed by atoms with Crippen molar-refractivity contribution in [1.82, 2.24) is 10.5 Å². The monoisotopic (exact) mass is 279 g/mol. The molecular weight excluding hydrogens is 266 g/mol. The van der Waals surface area contributed by atoms with E-state index in [1.807, 2.05) is 6.92 Å². The molecule has 5 nitrogen and oxygen atoms in total. The third-order valence-electron chi connectivity index (χ3n) is 2.51. The highest BCUT2D eigenvalue weighted by Crippen LogP contribution is 2.20. The van der Waals surface area contributed by atoms with Crippen molar-refractivity contribution < 1.29 is 9.32 Å². The first-order valence-electron chi connectivity index (χ1n) is 5.91. The summed E-state index contributed by atoms with van der Waals surface area (Å²) in [6, 6.07) is 6.87. The molecule has 0 spiro atoms. The standard InChI is InChI=1S/C13H14ClN3O2/c1-2-15-12-4-3-9(14)7-11(12)13(18)16-8-10-5-6-19-17-10/h3-7,15H,2,8H2,1H3,(H,16,18). The Morgan fingerprint density at radius 2 is 2.26 bits per heavy atom. The highest BCUT2D eigenvalue weighted by molar-refractivity contribution is 6.31. The molecule has 100 valence electrons. The zero-order chi connectivity index (χ0) is 13.7. The van der Waals surface area contributed by atoms with Crippen LogP contribution < -0.4 is 10.6 Å². The van der Waals surface area contributed by atoms with Crippen molar-refractivity contribution in [3.63, 3.8) is 0 Å². The van der Waals surface area contributed by atoms with Gasteiger partial charge >= 0.3 is 0 Å². The average Bonchev–Trinajstić information content (AvgIpc) is 2.91. The first-order chi connectivity index (χ1) is 9.20. The van der Waals surface area contributed by atoms with Gasteiger partial charge in [-0.1, -0.05) is 16.8 Å². The maximum absolute atomic E-state index is 12.1. The van der Waals surface area contributed by atoms with Gasteiger partial charge in [-0.25, -0.2) is 0 Å². The molecule has 0 radical (unpaired) electrons. The summed E-state index contributed by atoms with van der Waals surface area (Å²) in [4.78, 5) is 12.1. The van der Waals surface area contributed by atoms with E-state index in [2.05, 4.69) is 15.8 Å². The van der Waals surface area contributed by atoms with Gasteiger partial charge in [0.25, 0.3) is 5.91 Å². The lowest BCUT2D eigenvalue weighted by molar-refractivity contribution is 0.0951. The van der Waals surface area contributed by atoms with Gasteiger partial charge in [0.1, 0.15) is 12.0 Å². The summed E-state index contributed by atoms with van der Waals surface area (Å²) < 4.78 is 4.70. The van der Waals surface area contributed by atoms with Gasteiger partial charge in [-0.3, -0.25) is 4.79 Å². The van der Waals surface area contributed by atoms with Gasteiger partial charge in [-0.2, -0.15) is 0 Å². The summed E-state index contributed by atoms with van der Waals surface area (Å²) in [5.41, 5.74) is 1.93. The zero-order valence-electron chi connectivity index (χ0n) is 10.4. The van der Waals surface area contributed by atoms with Crippen molar-refractivity contribution in [2.75, 3.05) is 11.9 Å².